The predicted octanol–water partition coefficient (Wildman–Crippen LogP) is 7.04. The summed E-state index contributed by atoms with van der Waals surface area (Å²) < 4.78 is 0. The Labute approximate surface area is 168 Å². The van der Waals surface area contributed by atoms with Gasteiger partial charge >= 0.3 is 0 Å². The average molecular weight is 391 g/mol. The SMILES string of the molecule is Cc1ccsc1/C=C1/CC(c2ccccc2)C/C(=C\c2sccc2C)C1=O. The number of allylic oxidation sites excluding steroid dienone is 2. The highest BCUT2D eigenvalue weighted by Crippen LogP contribution is 2.39. The summed E-state index contributed by atoms with van der Waals surface area (Å²) in [5.74, 6) is 0.560. The fraction of sp³-hybridized carbons (Fsp3) is 0.208. The van der Waals surface area contributed by atoms with Gasteiger partial charge in [0.15, 0.2) is 5.78 Å². The van der Waals surface area contributed by atoms with Crippen LogP contribution in [0.2, 0.25) is 0 Å². The van der Waals surface area contributed by atoms with Crippen molar-refractivity contribution in [2.24, 2.45) is 0 Å². The molecule has 2 heterocycles. The van der Waals surface area contributed by atoms with Gasteiger partial charge in [-0.1, -0.05) is 30.3 Å². The van der Waals surface area contributed by atoms with E-state index in [1.165, 1.54) is 26.4 Å². The number of carbonyl (C=O) groups excluding carboxylic acids is 1. The number of carbonyl (C=O) groups is 1. The molecule has 0 N–H and O–H groups in total. The Morgan fingerprint density at radius 3 is 1.78 bits per heavy atom. The number of aryl methyl sites for hydroxylation is 2. The number of hydrogen-bond donors (Lipinski definition) is 0. The Balaban J connectivity index is 1.76. The third-order valence-corrected chi connectivity index (χ3v) is 7.13. The van der Waals surface area contributed by atoms with Gasteiger partial charge in [-0.25, -0.2) is 0 Å². The topological polar surface area (TPSA) is 17.1 Å². The lowest BCUT2D eigenvalue weighted by Crippen LogP contribution is -2.18. The molecule has 1 fully saturated rings. The Hall–Kier alpha value is -2.23. The van der Waals surface area contributed by atoms with E-state index < -0.39 is 0 Å². The second kappa shape index (κ2) is 7.79. The molecule has 3 aromatic rings. The zero-order valence-corrected chi connectivity index (χ0v) is 17.2. The van der Waals surface area contributed by atoms with Gasteiger partial charge in [0.2, 0.25) is 0 Å². The Morgan fingerprint density at radius 1 is 0.815 bits per heavy atom. The molecule has 136 valence electrons. The maximum atomic E-state index is 13.3. The van der Waals surface area contributed by atoms with Crippen molar-refractivity contribution in [3.63, 3.8) is 0 Å². The van der Waals surface area contributed by atoms with Crippen molar-refractivity contribution in [2.45, 2.75) is 32.6 Å². The van der Waals surface area contributed by atoms with Crippen LogP contribution in [0.15, 0.2) is 64.4 Å². The van der Waals surface area contributed by atoms with Gasteiger partial charge in [-0.2, -0.15) is 0 Å². The summed E-state index contributed by atoms with van der Waals surface area (Å²) in [6, 6.07) is 14.8. The minimum Gasteiger partial charge on any atom is -0.289 e. The monoisotopic (exact) mass is 390 g/mol. The Bertz CT molecular complexity index is 955. The van der Waals surface area contributed by atoms with Crippen molar-refractivity contribution in [3.8, 4) is 0 Å². The number of Topliss-reactive ketones (excluding diaryl/α,β-unsaturated/α-hetero) is 1. The van der Waals surface area contributed by atoms with Crippen LogP contribution in [0.4, 0.5) is 0 Å². The molecule has 1 unspecified atom stereocenters. The lowest BCUT2D eigenvalue weighted by atomic mass is 9.77. The second-order valence-corrected chi connectivity index (χ2v) is 9.02. The van der Waals surface area contributed by atoms with Crippen LogP contribution in [0, 0.1) is 13.8 Å². The van der Waals surface area contributed by atoms with E-state index in [-0.39, 0.29) is 5.78 Å². The fourth-order valence-corrected chi connectivity index (χ4v) is 5.35. The van der Waals surface area contributed by atoms with Crippen molar-refractivity contribution in [1.29, 1.82) is 0 Å². The fourth-order valence-electron chi connectivity index (χ4n) is 3.59. The smallest absolute Gasteiger partial charge is 0.185 e. The Morgan fingerprint density at radius 2 is 1.33 bits per heavy atom. The molecule has 0 spiro atoms. The van der Waals surface area contributed by atoms with Gasteiger partial charge in [-0.15, -0.1) is 22.7 Å². The first-order valence-corrected chi connectivity index (χ1v) is 11.0. The maximum Gasteiger partial charge on any atom is 0.185 e. The van der Waals surface area contributed by atoms with Gasteiger partial charge in [-0.3, -0.25) is 4.79 Å². The predicted molar refractivity (Wildman–Crippen MR) is 117 cm³/mol. The molecule has 4 rings (SSSR count). The van der Waals surface area contributed by atoms with Crippen LogP contribution in [0.5, 0.6) is 0 Å². The normalized spacial score (nSPS) is 20.5. The standard InChI is InChI=1S/C24H22OS2/c1-16-8-10-26-22(16)14-20-12-19(18-6-4-3-5-7-18)13-21(24(20)25)15-23-17(2)9-11-27-23/h3-11,14-15,19H,12-13H2,1-2H3/b20-14-,21-15+. The van der Waals surface area contributed by atoms with Gasteiger partial charge in [0.25, 0.3) is 0 Å². The molecule has 1 atom stereocenters. The summed E-state index contributed by atoms with van der Waals surface area (Å²) in [6.07, 6.45) is 5.85. The second-order valence-electron chi connectivity index (χ2n) is 7.12. The number of thiophene rings is 2. The van der Waals surface area contributed by atoms with Crippen LogP contribution < -0.4 is 0 Å². The number of ketones is 1. The molecule has 0 aliphatic heterocycles. The minimum absolute atomic E-state index is 0.211. The first-order valence-electron chi connectivity index (χ1n) is 9.21. The largest absolute Gasteiger partial charge is 0.289 e. The van der Waals surface area contributed by atoms with E-state index in [9.17, 15) is 4.79 Å². The maximum absolute atomic E-state index is 13.3. The molecular formula is C24H22OS2. The summed E-state index contributed by atoms with van der Waals surface area (Å²) >= 11 is 3.41. The summed E-state index contributed by atoms with van der Waals surface area (Å²) in [5, 5.41) is 4.19. The highest BCUT2D eigenvalue weighted by atomic mass is 32.1. The van der Waals surface area contributed by atoms with Crippen molar-refractivity contribution in [1.82, 2.24) is 0 Å². The van der Waals surface area contributed by atoms with Crippen molar-refractivity contribution >= 4 is 40.6 Å². The van der Waals surface area contributed by atoms with E-state index in [1.54, 1.807) is 22.7 Å². The molecule has 0 saturated heterocycles. The summed E-state index contributed by atoms with van der Waals surface area (Å²) in [4.78, 5) is 15.6. The first-order chi connectivity index (χ1) is 13.1. The molecule has 1 nitrogen and oxygen atoms in total. The Kier molecular flexibility index (Phi) is 5.24. The van der Waals surface area contributed by atoms with Crippen molar-refractivity contribution in [2.75, 3.05) is 0 Å². The van der Waals surface area contributed by atoms with Crippen LogP contribution in [0.25, 0.3) is 12.2 Å². The molecule has 2 aromatic heterocycles. The zero-order valence-electron chi connectivity index (χ0n) is 15.6. The van der Waals surface area contributed by atoms with E-state index in [2.05, 4.69) is 79.2 Å². The number of benzene rings is 1. The molecule has 1 aliphatic rings. The van der Waals surface area contributed by atoms with Crippen LogP contribution in [0.3, 0.4) is 0 Å². The molecule has 1 aliphatic carbocycles. The highest BCUT2D eigenvalue weighted by Gasteiger charge is 2.29. The summed E-state index contributed by atoms with van der Waals surface area (Å²) in [6.45, 7) is 4.22. The van der Waals surface area contributed by atoms with Crippen LogP contribution in [-0.4, -0.2) is 5.78 Å². The van der Waals surface area contributed by atoms with E-state index in [1.807, 2.05) is 0 Å². The number of hydrogen-bond acceptors (Lipinski definition) is 3. The van der Waals surface area contributed by atoms with Gasteiger partial charge in [-0.05, 0) is 84.3 Å². The lowest BCUT2D eigenvalue weighted by molar-refractivity contribution is -0.112. The van der Waals surface area contributed by atoms with Gasteiger partial charge in [0.05, 0.1) is 0 Å². The van der Waals surface area contributed by atoms with E-state index >= 15 is 0 Å². The molecule has 1 saturated carbocycles. The van der Waals surface area contributed by atoms with Gasteiger partial charge < -0.3 is 0 Å². The van der Waals surface area contributed by atoms with E-state index in [0.29, 0.717) is 5.92 Å². The third-order valence-electron chi connectivity index (χ3n) is 5.20. The van der Waals surface area contributed by atoms with Crippen LogP contribution in [-0.2, 0) is 4.79 Å². The molecule has 3 heteroatoms. The lowest BCUT2D eigenvalue weighted by Gasteiger charge is -2.26. The molecule has 0 radical (unpaired) electrons. The van der Waals surface area contributed by atoms with E-state index in [4.69, 9.17) is 0 Å². The number of rotatable bonds is 3. The quantitative estimate of drug-likeness (QED) is 0.438. The molecule has 0 amide bonds. The molecule has 27 heavy (non-hydrogen) atoms. The van der Waals surface area contributed by atoms with Crippen LogP contribution >= 0.6 is 22.7 Å². The van der Waals surface area contributed by atoms with Gasteiger partial charge in [0.1, 0.15) is 0 Å². The molecule has 1 aromatic carbocycles. The zero-order chi connectivity index (χ0) is 18.8. The first kappa shape index (κ1) is 18.1. The third kappa shape index (κ3) is 3.90. The highest BCUT2D eigenvalue weighted by molar-refractivity contribution is 7.11. The molecular weight excluding hydrogens is 368 g/mol. The van der Waals surface area contributed by atoms with Crippen molar-refractivity contribution < 1.29 is 4.79 Å². The average Bonchev–Trinajstić information content (AvgIpc) is 3.27. The van der Waals surface area contributed by atoms with Crippen molar-refractivity contribution in [3.05, 3.63) is 90.8 Å². The minimum atomic E-state index is 0.211. The van der Waals surface area contributed by atoms with E-state index in [0.717, 1.165) is 24.0 Å². The summed E-state index contributed by atoms with van der Waals surface area (Å²) in [5.41, 5.74) is 5.65. The van der Waals surface area contributed by atoms with Gasteiger partial charge in [0, 0.05) is 20.9 Å². The molecule has 0 bridgehead atoms. The van der Waals surface area contributed by atoms with Crippen LogP contribution in [0.1, 0.15) is 45.2 Å². The summed E-state index contributed by atoms with van der Waals surface area (Å²) in [7, 11) is 0.